The van der Waals surface area contributed by atoms with Crippen LogP contribution < -0.4 is 10.5 Å². The molecule has 0 bridgehead atoms. The first-order chi connectivity index (χ1) is 10.3. The quantitative estimate of drug-likeness (QED) is 0.730. The third-order valence-corrected chi connectivity index (χ3v) is 4.59. The van der Waals surface area contributed by atoms with E-state index in [1.54, 1.807) is 25.1 Å². The summed E-state index contributed by atoms with van der Waals surface area (Å²) < 4.78 is 27.2. The number of rotatable bonds is 5. The fourth-order valence-corrected chi connectivity index (χ4v) is 3.34. The lowest BCUT2D eigenvalue weighted by Crippen LogP contribution is -2.14. The first-order valence-electron chi connectivity index (χ1n) is 6.47. The van der Waals surface area contributed by atoms with E-state index in [9.17, 15) is 13.2 Å². The largest absolute Gasteiger partial charge is 0.481 e. The van der Waals surface area contributed by atoms with Crippen LogP contribution in [0.2, 0.25) is 0 Å². The van der Waals surface area contributed by atoms with E-state index in [1.165, 1.54) is 24.3 Å². The predicted octanol–water partition coefficient (Wildman–Crippen LogP) is 2.01. The molecule has 116 valence electrons. The number of nitrogens with one attached hydrogen (secondary N) is 1. The maximum Gasteiger partial charge on any atom is 0.307 e. The monoisotopic (exact) mass is 320 g/mol. The van der Waals surface area contributed by atoms with Crippen molar-refractivity contribution in [3.8, 4) is 0 Å². The van der Waals surface area contributed by atoms with Gasteiger partial charge in [0.1, 0.15) is 0 Å². The molecule has 0 aliphatic rings. The Morgan fingerprint density at radius 2 is 1.82 bits per heavy atom. The van der Waals surface area contributed by atoms with Gasteiger partial charge in [-0.25, -0.2) is 8.42 Å². The van der Waals surface area contributed by atoms with Crippen molar-refractivity contribution in [1.82, 2.24) is 0 Å². The molecule has 0 aromatic heterocycles. The third-order valence-electron chi connectivity index (χ3n) is 3.05. The molecule has 7 heteroatoms. The number of anilines is 2. The molecule has 2 rings (SSSR count). The Morgan fingerprint density at radius 1 is 1.18 bits per heavy atom. The normalized spacial score (nSPS) is 11.1. The highest BCUT2D eigenvalue weighted by Gasteiger charge is 2.17. The van der Waals surface area contributed by atoms with Crippen molar-refractivity contribution in [2.45, 2.75) is 18.2 Å². The molecule has 0 aliphatic carbocycles. The van der Waals surface area contributed by atoms with Crippen molar-refractivity contribution in [1.29, 1.82) is 0 Å². The number of carboxylic acid groups (broad SMARTS) is 1. The van der Waals surface area contributed by atoms with Crippen LogP contribution in [0.3, 0.4) is 0 Å². The molecule has 0 spiro atoms. The van der Waals surface area contributed by atoms with Crippen LogP contribution in [0.5, 0.6) is 0 Å². The summed E-state index contributed by atoms with van der Waals surface area (Å²) in [5, 5.41) is 8.70. The standard InChI is InChI=1S/C15H16N2O4S/c1-10-8-12(16)4-7-14(10)22(20,21)17-13-5-2-11(3-6-13)9-15(18)19/h2-8,17H,9,16H2,1H3,(H,18,19). The van der Waals surface area contributed by atoms with Gasteiger partial charge < -0.3 is 10.8 Å². The Balaban J connectivity index is 2.23. The second-order valence-corrected chi connectivity index (χ2v) is 6.55. The van der Waals surface area contributed by atoms with Gasteiger partial charge in [0.15, 0.2) is 0 Å². The van der Waals surface area contributed by atoms with Crippen LogP contribution in [0.4, 0.5) is 11.4 Å². The molecule has 0 fully saturated rings. The van der Waals surface area contributed by atoms with E-state index < -0.39 is 16.0 Å². The molecule has 6 nitrogen and oxygen atoms in total. The van der Waals surface area contributed by atoms with E-state index in [1.807, 2.05) is 0 Å². The maximum absolute atomic E-state index is 12.4. The molecule has 2 aromatic rings. The number of benzene rings is 2. The Bertz CT molecular complexity index is 799. The van der Waals surface area contributed by atoms with Gasteiger partial charge in [-0.1, -0.05) is 12.1 Å². The van der Waals surface area contributed by atoms with Gasteiger partial charge in [0.25, 0.3) is 10.0 Å². The number of hydrogen-bond donors (Lipinski definition) is 3. The molecule has 0 saturated heterocycles. The number of hydrogen-bond acceptors (Lipinski definition) is 4. The van der Waals surface area contributed by atoms with E-state index in [0.29, 0.717) is 22.5 Å². The van der Waals surface area contributed by atoms with Crippen molar-refractivity contribution >= 4 is 27.4 Å². The molecule has 4 N–H and O–H groups in total. The molecular weight excluding hydrogens is 304 g/mol. The molecule has 0 heterocycles. The predicted molar refractivity (Wildman–Crippen MR) is 84.2 cm³/mol. The molecule has 0 saturated carbocycles. The van der Waals surface area contributed by atoms with Crippen LogP contribution in [-0.4, -0.2) is 19.5 Å². The Labute approximate surface area is 128 Å². The summed E-state index contributed by atoms with van der Waals surface area (Å²) in [6, 6.07) is 10.8. The number of aliphatic carboxylic acids is 1. The fourth-order valence-electron chi connectivity index (χ4n) is 2.05. The van der Waals surface area contributed by atoms with Crippen LogP contribution in [0.15, 0.2) is 47.4 Å². The molecule has 0 amide bonds. The third kappa shape index (κ3) is 3.76. The summed E-state index contributed by atoms with van der Waals surface area (Å²) in [7, 11) is -3.72. The Morgan fingerprint density at radius 3 is 2.36 bits per heavy atom. The minimum absolute atomic E-state index is 0.107. The fraction of sp³-hybridized carbons (Fsp3) is 0.133. The second kappa shape index (κ2) is 6.07. The number of sulfonamides is 1. The SMILES string of the molecule is Cc1cc(N)ccc1S(=O)(=O)Nc1ccc(CC(=O)O)cc1. The molecule has 0 unspecified atom stereocenters. The Hall–Kier alpha value is -2.54. The Kier molecular flexibility index (Phi) is 4.37. The highest BCUT2D eigenvalue weighted by Crippen LogP contribution is 2.21. The smallest absolute Gasteiger partial charge is 0.307 e. The average molecular weight is 320 g/mol. The van der Waals surface area contributed by atoms with E-state index in [0.717, 1.165) is 0 Å². The van der Waals surface area contributed by atoms with Crippen molar-refractivity contribution in [2.24, 2.45) is 0 Å². The summed E-state index contributed by atoms with van der Waals surface area (Å²) in [6.45, 7) is 1.67. The van der Waals surface area contributed by atoms with Crippen molar-refractivity contribution < 1.29 is 18.3 Å². The molecule has 0 aliphatic heterocycles. The number of nitrogen functional groups attached to an aromatic ring is 1. The van der Waals surface area contributed by atoms with Crippen molar-refractivity contribution in [2.75, 3.05) is 10.5 Å². The zero-order chi connectivity index (χ0) is 16.3. The van der Waals surface area contributed by atoms with E-state index in [2.05, 4.69) is 4.72 Å². The number of carboxylic acids is 1. The van der Waals surface area contributed by atoms with Crippen LogP contribution in [-0.2, 0) is 21.2 Å². The molecular formula is C15H16N2O4S. The molecule has 22 heavy (non-hydrogen) atoms. The first-order valence-corrected chi connectivity index (χ1v) is 7.96. The van der Waals surface area contributed by atoms with Crippen LogP contribution in [0, 0.1) is 6.92 Å². The zero-order valence-corrected chi connectivity index (χ0v) is 12.7. The van der Waals surface area contributed by atoms with Gasteiger partial charge in [0.05, 0.1) is 11.3 Å². The second-order valence-electron chi connectivity index (χ2n) is 4.90. The van der Waals surface area contributed by atoms with Gasteiger partial charge in [0.2, 0.25) is 0 Å². The van der Waals surface area contributed by atoms with Crippen molar-refractivity contribution in [3.63, 3.8) is 0 Å². The van der Waals surface area contributed by atoms with Crippen molar-refractivity contribution in [3.05, 3.63) is 53.6 Å². The van der Waals surface area contributed by atoms with Gasteiger partial charge >= 0.3 is 5.97 Å². The highest BCUT2D eigenvalue weighted by atomic mass is 32.2. The zero-order valence-electron chi connectivity index (χ0n) is 11.9. The maximum atomic E-state index is 12.4. The lowest BCUT2D eigenvalue weighted by atomic mass is 10.1. The van der Waals surface area contributed by atoms with Gasteiger partial charge in [-0.05, 0) is 48.4 Å². The van der Waals surface area contributed by atoms with E-state index in [4.69, 9.17) is 10.8 Å². The number of aryl methyl sites for hydroxylation is 1. The minimum Gasteiger partial charge on any atom is -0.481 e. The highest BCUT2D eigenvalue weighted by molar-refractivity contribution is 7.92. The summed E-state index contributed by atoms with van der Waals surface area (Å²) in [4.78, 5) is 10.8. The summed E-state index contributed by atoms with van der Waals surface area (Å²) >= 11 is 0. The minimum atomic E-state index is -3.72. The topological polar surface area (TPSA) is 109 Å². The summed E-state index contributed by atoms with van der Waals surface area (Å²) in [6.07, 6.45) is -0.107. The van der Waals surface area contributed by atoms with E-state index >= 15 is 0 Å². The van der Waals surface area contributed by atoms with Crippen LogP contribution in [0.25, 0.3) is 0 Å². The molecule has 0 atom stereocenters. The van der Waals surface area contributed by atoms with E-state index in [-0.39, 0.29) is 11.3 Å². The lowest BCUT2D eigenvalue weighted by Gasteiger charge is -2.11. The van der Waals surface area contributed by atoms with Crippen LogP contribution >= 0.6 is 0 Å². The van der Waals surface area contributed by atoms with Gasteiger partial charge in [-0.15, -0.1) is 0 Å². The summed E-state index contributed by atoms with van der Waals surface area (Å²) in [5.74, 6) is -0.939. The first kappa shape index (κ1) is 15.8. The number of nitrogens with two attached hydrogens (primary N) is 1. The molecule has 0 radical (unpaired) electrons. The average Bonchev–Trinajstić information content (AvgIpc) is 2.39. The van der Waals surface area contributed by atoms with Gasteiger partial charge in [-0.2, -0.15) is 0 Å². The molecule has 2 aromatic carbocycles. The van der Waals surface area contributed by atoms with Crippen LogP contribution in [0.1, 0.15) is 11.1 Å². The summed E-state index contributed by atoms with van der Waals surface area (Å²) in [5.41, 5.74) is 7.62. The van der Waals surface area contributed by atoms with Gasteiger partial charge in [0, 0.05) is 11.4 Å². The lowest BCUT2D eigenvalue weighted by molar-refractivity contribution is -0.136. The number of carbonyl (C=O) groups is 1. The van der Waals surface area contributed by atoms with Gasteiger partial charge in [-0.3, -0.25) is 9.52 Å².